The molecule has 256 valence electrons. The number of carbonyl (C=O) groups is 1. The highest BCUT2D eigenvalue weighted by molar-refractivity contribution is 6.15. The van der Waals surface area contributed by atoms with Crippen molar-refractivity contribution in [2.45, 2.75) is 44.4 Å². The zero-order valence-electron chi connectivity index (χ0n) is 30.4. The summed E-state index contributed by atoms with van der Waals surface area (Å²) >= 11 is 0. The molecular weight excluding hydrogens is 641 g/mol. The van der Waals surface area contributed by atoms with E-state index < -0.39 is 0 Å². The van der Waals surface area contributed by atoms with Crippen LogP contribution in [0.1, 0.15) is 77.2 Å². The number of hydrogen-bond acceptors (Lipinski definition) is 1. The molecule has 3 aliphatic carbocycles. The largest absolute Gasteiger partial charge is 0.289 e. The standard InChI is InChI=1S/C52H42O/c1-52(2)47-31-29-39(49-41(35-17-7-3-8-18-35)25-15-26-42(49)36-19-9-4-10-20-36)33-45(47)51(53)46-34-40(30-32-48(46)52)50-43(37-21-11-5-12-22-37)27-16-28-44(50)38-23-13-6-14-24-38/h3-5,7-13,15-19,21-34,36H,6,14,20H2,1-2H3. The summed E-state index contributed by atoms with van der Waals surface area (Å²) in [6.45, 7) is 4.53. The number of fused-ring (bicyclic) bond motifs is 2. The molecule has 0 aliphatic heterocycles. The maximum absolute atomic E-state index is 15.0. The van der Waals surface area contributed by atoms with E-state index in [1.54, 1.807) is 0 Å². The summed E-state index contributed by atoms with van der Waals surface area (Å²) in [4.78, 5) is 15.0. The molecule has 53 heavy (non-hydrogen) atoms. The van der Waals surface area contributed by atoms with Crippen LogP contribution in [0, 0.1) is 0 Å². The zero-order chi connectivity index (χ0) is 35.9. The minimum absolute atomic E-state index is 0.0905. The Hall–Kier alpha value is -6.05. The Morgan fingerprint density at radius 3 is 1.74 bits per heavy atom. The van der Waals surface area contributed by atoms with Gasteiger partial charge in [0.25, 0.3) is 0 Å². The van der Waals surface area contributed by atoms with Gasteiger partial charge in [-0.1, -0.05) is 178 Å². The van der Waals surface area contributed by atoms with E-state index in [4.69, 9.17) is 0 Å². The highest BCUT2D eigenvalue weighted by atomic mass is 16.1. The number of carbonyl (C=O) groups excluding carboxylic acids is 1. The van der Waals surface area contributed by atoms with E-state index in [1.807, 2.05) is 0 Å². The SMILES string of the molecule is CC1(C)c2ccc(-c3c(C4=CCCC=C4)cccc3-c3ccccc3)cc2C(=O)c2cc(-c3c(-c4ccccc4)cccc3C3C=CC=CC3)ccc21. The molecule has 0 aromatic heterocycles. The van der Waals surface area contributed by atoms with Crippen molar-refractivity contribution in [3.05, 3.63) is 209 Å². The van der Waals surface area contributed by atoms with Crippen LogP contribution in [0.25, 0.3) is 50.1 Å². The molecule has 1 nitrogen and oxygen atoms in total. The minimum atomic E-state index is -0.356. The Morgan fingerprint density at radius 2 is 1.13 bits per heavy atom. The summed E-state index contributed by atoms with van der Waals surface area (Å²) in [6, 6.07) is 47.8. The van der Waals surface area contributed by atoms with Crippen LogP contribution in [0.4, 0.5) is 0 Å². The predicted molar refractivity (Wildman–Crippen MR) is 222 cm³/mol. The monoisotopic (exact) mass is 682 g/mol. The van der Waals surface area contributed by atoms with Crippen molar-refractivity contribution < 1.29 is 4.79 Å². The van der Waals surface area contributed by atoms with Crippen molar-refractivity contribution in [3.8, 4) is 44.5 Å². The molecule has 0 spiro atoms. The van der Waals surface area contributed by atoms with Gasteiger partial charge < -0.3 is 0 Å². The number of hydrogen-bond donors (Lipinski definition) is 0. The predicted octanol–water partition coefficient (Wildman–Crippen LogP) is 13.6. The van der Waals surface area contributed by atoms with Crippen molar-refractivity contribution in [3.63, 3.8) is 0 Å². The molecule has 0 saturated carbocycles. The molecule has 0 N–H and O–H groups in total. The molecule has 0 heterocycles. The molecule has 0 fully saturated rings. The van der Waals surface area contributed by atoms with Crippen LogP contribution in [0.15, 0.2) is 176 Å². The Morgan fingerprint density at radius 1 is 0.528 bits per heavy atom. The summed E-state index contributed by atoms with van der Waals surface area (Å²) < 4.78 is 0. The van der Waals surface area contributed by atoms with Gasteiger partial charge in [-0.25, -0.2) is 0 Å². The number of rotatable bonds is 6. The molecule has 9 rings (SSSR count). The topological polar surface area (TPSA) is 17.1 Å². The molecule has 6 aromatic rings. The van der Waals surface area contributed by atoms with Crippen LogP contribution in [0.5, 0.6) is 0 Å². The molecule has 6 aromatic carbocycles. The molecule has 0 saturated heterocycles. The van der Waals surface area contributed by atoms with Crippen molar-refractivity contribution in [1.29, 1.82) is 0 Å². The van der Waals surface area contributed by atoms with Crippen LogP contribution >= 0.6 is 0 Å². The van der Waals surface area contributed by atoms with E-state index >= 15 is 4.79 Å². The fourth-order valence-electron chi connectivity index (χ4n) is 8.80. The van der Waals surface area contributed by atoms with Gasteiger partial charge in [0.2, 0.25) is 0 Å². The maximum Gasteiger partial charge on any atom is 0.193 e. The second kappa shape index (κ2) is 13.5. The highest BCUT2D eigenvalue weighted by Gasteiger charge is 2.37. The fourth-order valence-corrected chi connectivity index (χ4v) is 8.80. The lowest BCUT2D eigenvalue weighted by atomic mass is 9.67. The average Bonchev–Trinajstić information content (AvgIpc) is 3.23. The zero-order valence-corrected chi connectivity index (χ0v) is 30.4. The molecule has 1 heteroatoms. The summed E-state index contributed by atoms with van der Waals surface area (Å²) in [7, 11) is 0. The number of benzene rings is 6. The van der Waals surface area contributed by atoms with E-state index in [1.165, 1.54) is 50.1 Å². The van der Waals surface area contributed by atoms with Gasteiger partial charge in [-0.15, -0.1) is 0 Å². The normalized spacial score (nSPS) is 16.9. The third-order valence-corrected chi connectivity index (χ3v) is 11.5. The van der Waals surface area contributed by atoms with Crippen LogP contribution < -0.4 is 0 Å². The summed E-state index contributed by atoms with van der Waals surface area (Å²) in [5, 5.41) is 0. The van der Waals surface area contributed by atoms with E-state index in [9.17, 15) is 0 Å². The molecular formula is C52H42O. The maximum atomic E-state index is 15.0. The van der Waals surface area contributed by atoms with Gasteiger partial charge in [0, 0.05) is 22.5 Å². The highest BCUT2D eigenvalue weighted by Crippen LogP contribution is 2.47. The van der Waals surface area contributed by atoms with Gasteiger partial charge >= 0.3 is 0 Å². The van der Waals surface area contributed by atoms with E-state index in [-0.39, 0.29) is 17.1 Å². The smallest absolute Gasteiger partial charge is 0.193 e. The lowest BCUT2D eigenvalue weighted by Gasteiger charge is -2.35. The first-order valence-corrected chi connectivity index (χ1v) is 18.9. The first kappa shape index (κ1) is 32.8. The van der Waals surface area contributed by atoms with Crippen molar-refractivity contribution >= 4 is 11.4 Å². The molecule has 1 unspecified atom stereocenters. The van der Waals surface area contributed by atoms with Gasteiger partial charge in [0.1, 0.15) is 0 Å². The first-order valence-electron chi connectivity index (χ1n) is 18.9. The Labute approximate surface area is 313 Å². The van der Waals surface area contributed by atoms with Gasteiger partial charge in [-0.3, -0.25) is 4.79 Å². The average molecular weight is 683 g/mol. The summed E-state index contributed by atoms with van der Waals surface area (Å²) in [5.74, 6) is 0.353. The minimum Gasteiger partial charge on any atom is -0.289 e. The van der Waals surface area contributed by atoms with Crippen molar-refractivity contribution in [2.75, 3.05) is 0 Å². The second-order valence-electron chi connectivity index (χ2n) is 15.0. The fraction of sp³-hybridized carbons (Fsp3) is 0.135. The Kier molecular flexibility index (Phi) is 8.36. The van der Waals surface area contributed by atoms with Gasteiger partial charge in [0.05, 0.1) is 0 Å². The molecule has 0 amide bonds. The van der Waals surface area contributed by atoms with Crippen LogP contribution in [-0.2, 0) is 5.41 Å². The molecule has 3 aliphatic rings. The Balaban J connectivity index is 1.22. The first-order chi connectivity index (χ1) is 26.0. The van der Waals surface area contributed by atoms with Gasteiger partial charge in [-0.2, -0.15) is 0 Å². The van der Waals surface area contributed by atoms with E-state index in [2.05, 4.69) is 190 Å². The van der Waals surface area contributed by atoms with Crippen molar-refractivity contribution in [2.24, 2.45) is 0 Å². The van der Waals surface area contributed by atoms with Crippen LogP contribution in [0.2, 0.25) is 0 Å². The summed E-state index contributed by atoms with van der Waals surface area (Å²) in [5.41, 5.74) is 16.3. The Bertz CT molecular complexity index is 2500. The third-order valence-electron chi connectivity index (χ3n) is 11.5. The lowest BCUT2D eigenvalue weighted by molar-refractivity contribution is 0.103. The van der Waals surface area contributed by atoms with E-state index in [0.29, 0.717) is 0 Å². The molecule has 0 bridgehead atoms. The summed E-state index contributed by atoms with van der Waals surface area (Å²) in [6.07, 6.45) is 18.8. The van der Waals surface area contributed by atoms with Crippen molar-refractivity contribution in [1.82, 2.24) is 0 Å². The third kappa shape index (κ3) is 5.78. The molecule has 1 atom stereocenters. The molecule has 0 radical (unpaired) electrons. The van der Waals surface area contributed by atoms with Crippen LogP contribution in [-0.4, -0.2) is 5.78 Å². The second-order valence-corrected chi connectivity index (χ2v) is 15.0. The van der Waals surface area contributed by atoms with E-state index in [0.717, 1.165) is 52.6 Å². The van der Waals surface area contributed by atoms with Gasteiger partial charge in [0.15, 0.2) is 5.78 Å². The van der Waals surface area contributed by atoms with Gasteiger partial charge in [-0.05, 0) is 104 Å². The lowest BCUT2D eigenvalue weighted by Crippen LogP contribution is -2.30. The number of allylic oxidation sites excluding steroid dienone is 8. The number of ketones is 1. The van der Waals surface area contributed by atoms with Crippen LogP contribution in [0.3, 0.4) is 0 Å². The quantitative estimate of drug-likeness (QED) is 0.171.